The van der Waals surface area contributed by atoms with Gasteiger partial charge in [-0.1, -0.05) is 11.6 Å². The minimum Gasteiger partial charge on any atom is -0.388 e. The number of hydrogen-bond donors (Lipinski definition) is 2. The minimum atomic E-state index is -1.04. The lowest BCUT2D eigenvalue weighted by Crippen LogP contribution is -2.46. The van der Waals surface area contributed by atoms with Crippen LogP contribution in [0.15, 0.2) is 18.2 Å². The van der Waals surface area contributed by atoms with E-state index in [0.29, 0.717) is 26.1 Å². The van der Waals surface area contributed by atoms with E-state index in [2.05, 4.69) is 5.32 Å². The number of amides is 1. The summed E-state index contributed by atoms with van der Waals surface area (Å²) in [5, 5.41) is 23.9. The molecule has 1 saturated heterocycles. The molecule has 2 rings (SSSR count). The van der Waals surface area contributed by atoms with Crippen LogP contribution in [0, 0.1) is 10.1 Å². The summed E-state index contributed by atoms with van der Waals surface area (Å²) in [5.74, 6) is -0.635. The highest BCUT2D eigenvalue weighted by Crippen LogP contribution is 2.23. The molecule has 114 valence electrons. The van der Waals surface area contributed by atoms with Gasteiger partial charge < -0.3 is 15.2 Å². The predicted octanol–water partition coefficient (Wildman–Crippen LogP) is 1.52. The smallest absolute Gasteiger partial charge is 0.282 e. The quantitative estimate of drug-likeness (QED) is 0.648. The second-order valence-corrected chi connectivity index (χ2v) is 5.37. The standard InChI is InChI=1S/C13H15ClN2O5/c14-9-1-2-11(16(19)20)10(7-9)12(17)15-8-13(18)3-5-21-6-4-13/h1-2,7,18H,3-6,8H2,(H,15,17). The Hall–Kier alpha value is -1.70. The summed E-state index contributed by atoms with van der Waals surface area (Å²) in [5.41, 5.74) is -1.49. The molecule has 0 atom stereocenters. The fourth-order valence-corrected chi connectivity index (χ4v) is 2.29. The molecule has 1 amide bonds. The maximum atomic E-state index is 12.1. The molecule has 8 heteroatoms. The third kappa shape index (κ3) is 3.90. The molecular formula is C13H15ClN2O5. The number of rotatable bonds is 4. The molecule has 0 saturated carbocycles. The lowest BCUT2D eigenvalue weighted by atomic mass is 9.94. The van der Waals surface area contributed by atoms with E-state index in [-0.39, 0.29) is 22.8 Å². The third-order valence-corrected chi connectivity index (χ3v) is 3.64. The van der Waals surface area contributed by atoms with E-state index in [1.165, 1.54) is 18.2 Å². The average molecular weight is 315 g/mol. The molecule has 21 heavy (non-hydrogen) atoms. The minimum absolute atomic E-state index is 0.0128. The first-order chi connectivity index (χ1) is 9.91. The fraction of sp³-hybridized carbons (Fsp3) is 0.462. The first-order valence-corrected chi connectivity index (χ1v) is 6.81. The number of nitrogens with one attached hydrogen (secondary N) is 1. The van der Waals surface area contributed by atoms with Gasteiger partial charge in [-0.05, 0) is 12.1 Å². The molecule has 0 aliphatic carbocycles. The number of hydrogen-bond acceptors (Lipinski definition) is 5. The van der Waals surface area contributed by atoms with E-state index in [0.717, 1.165) is 0 Å². The molecule has 0 unspecified atom stereocenters. The summed E-state index contributed by atoms with van der Waals surface area (Å²) < 4.78 is 5.14. The van der Waals surface area contributed by atoms with Crippen molar-refractivity contribution in [3.05, 3.63) is 38.9 Å². The number of carbonyl (C=O) groups is 1. The summed E-state index contributed by atoms with van der Waals surface area (Å²) in [6.07, 6.45) is 0.815. The molecule has 1 aromatic carbocycles. The number of nitro benzene ring substituents is 1. The van der Waals surface area contributed by atoms with Crippen molar-refractivity contribution in [3.63, 3.8) is 0 Å². The molecule has 1 aliphatic heterocycles. The number of halogens is 1. The number of ether oxygens (including phenoxy) is 1. The fourth-order valence-electron chi connectivity index (χ4n) is 2.12. The van der Waals surface area contributed by atoms with Crippen LogP contribution >= 0.6 is 11.6 Å². The van der Waals surface area contributed by atoms with E-state index in [9.17, 15) is 20.0 Å². The zero-order chi connectivity index (χ0) is 15.5. The van der Waals surface area contributed by atoms with Crippen LogP contribution in [-0.4, -0.2) is 41.3 Å². The van der Waals surface area contributed by atoms with Crippen molar-refractivity contribution < 1.29 is 19.6 Å². The van der Waals surface area contributed by atoms with Crippen molar-refractivity contribution >= 4 is 23.2 Å². The number of aliphatic hydroxyl groups is 1. The summed E-state index contributed by atoms with van der Waals surface area (Å²) in [7, 11) is 0. The first-order valence-electron chi connectivity index (χ1n) is 6.44. The van der Waals surface area contributed by atoms with E-state index in [1.807, 2.05) is 0 Å². The maximum absolute atomic E-state index is 12.1. The molecule has 1 fully saturated rings. The SMILES string of the molecule is O=C(NCC1(O)CCOCC1)c1cc(Cl)ccc1[N+](=O)[O-]. The van der Waals surface area contributed by atoms with Crippen LogP contribution in [0.2, 0.25) is 5.02 Å². The van der Waals surface area contributed by atoms with Crippen molar-refractivity contribution in [1.29, 1.82) is 0 Å². The van der Waals surface area contributed by atoms with Gasteiger partial charge in [0.2, 0.25) is 0 Å². The molecular weight excluding hydrogens is 300 g/mol. The Morgan fingerprint density at radius 1 is 1.48 bits per heavy atom. The number of benzene rings is 1. The third-order valence-electron chi connectivity index (χ3n) is 3.40. The molecule has 0 spiro atoms. The molecule has 0 radical (unpaired) electrons. The van der Waals surface area contributed by atoms with Crippen LogP contribution in [0.25, 0.3) is 0 Å². The molecule has 7 nitrogen and oxygen atoms in total. The van der Waals surface area contributed by atoms with Crippen LogP contribution in [0.5, 0.6) is 0 Å². The van der Waals surface area contributed by atoms with Crippen molar-refractivity contribution in [2.75, 3.05) is 19.8 Å². The van der Waals surface area contributed by atoms with Gasteiger partial charge in [-0.2, -0.15) is 0 Å². The Kier molecular flexibility index (Phi) is 4.76. The van der Waals surface area contributed by atoms with E-state index in [4.69, 9.17) is 16.3 Å². The lowest BCUT2D eigenvalue weighted by molar-refractivity contribution is -0.385. The summed E-state index contributed by atoms with van der Waals surface area (Å²) in [4.78, 5) is 22.4. The summed E-state index contributed by atoms with van der Waals surface area (Å²) >= 11 is 5.77. The van der Waals surface area contributed by atoms with Gasteiger partial charge in [0.15, 0.2) is 0 Å². The average Bonchev–Trinajstić information content (AvgIpc) is 2.45. The lowest BCUT2D eigenvalue weighted by Gasteiger charge is -2.32. The first kappa shape index (κ1) is 15.7. The molecule has 2 N–H and O–H groups in total. The van der Waals surface area contributed by atoms with Gasteiger partial charge in [-0.15, -0.1) is 0 Å². The maximum Gasteiger partial charge on any atom is 0.282 e. The number of nitrogens with zero attached hydrogens (tertiary/aromatic N) is 1. The Morgan fingerprint density at radius 2 is 2.14 bits per heavy atom. The van der Waals surface area contributed by atoms with Crippen LogP contribution in [0.3, 0.4) is 0 Å². The molecule has 0 bridgehead atoms. The highest BCUT2D eigenvalue weighted by Gasteiger charge is 2.31. The van der Waals surface area contributed by atoms with Crippen molar-refractivity contribution in [2.45, 2.75) is 18.4 Å². The van der Waals surface area contributed by atoms with E-state index >= 15 is 0 Å². The number of carbonyl (C=O) groups excluding carboxylic acids is 1. The summed E-state index contributed by atoms with van der Waals surface area (Å²) in [6.45, 7) is 0.853. The Balaban J connectivity index is 2.09. The Bertz CT molecular complexity index is 557. The van der Waals surface area contributed by atoms with Crippen molar-refractivity contribution in [2.24, 2.45) is 0 Å². The summed E-state index contributed by atoms with van der Waals surface area (Å²) in [6, 6.07) is 3.77. The highest BCUT2D eigenvalue weighted by molar-refractivity contribution is 6.31. The topological polar surface area (TPSA) is 102 Å². The predicted molar refractivity (Wildman–Crippen MR) is 75.4 cm³/mol. The molecule has 1 aromatic rings. The van der Waals surface area contributed by atoms with Crippen LogP contribution in [0.1, 0.15) is 23.2 Å². The second kappa shape index (κ2) is 6.38. The zero-order valence-electron chi connectivity index (χ0n) is 11.2. The Labute approximate surface area is 126 Å². The molecule has 1 aliphatic rings. The van der Waals surface area contributed by atoms with Crippen molar-refractivity contribution in [1.82, 2.24) is 5.32 Å². The van der Waals surface area contributed by atoms with Crippen LogP contribution < -0.4 is 5.32 Å². The highest BCUT2D eigenvalue weighted by atomic mass is 35.5. The largest absolute Gasteiger partial charge is 0.388 e. The van der Waals surface area contributed by atoms with Gasteiger partial charge in [0.1, 0.15) is 5.56 Å². The Morgan fingerprint density at radius 3 is 2.76 bits per heavy atom. The van der Waals surface area contributed by atoms with Gasteiger partial charge >= 0.3 is 0 Å². The van der Waals surface area contributed by atoms with E-state index in [1.54, 1.807) is 0 Å². The molecule has 0 aromatic heterocycles. The van der Waals surface area contributed by atoms with Crippen LogP contribution in [0.4, 0.5) is 5.69 Å². The van der Waals surface area contributed by atoms with Crippen molar-refractivity contribution in [3.8, 4) is 0 Å². The second-order valence-electron chi connectivity index (χ2n) is 4.94. The van der Waals surface area contributed by atoms with Gasteiger partial charge in [-0.3, -0.25) is 14.9 Å². The van der Waals surface area contributed by atoms with Gasteiger partial charge in [0.25, 0.3) is 11.6 Å². The van der Waals surface area contributed by atoms with Gasteiger partial charge in [0, 0.05) is 43.7 Å². The normalized spacial score (nSPS) is 17.2. The van der Waals surface area contributed by atoms with E-state index < -0.39 is 16.4 Å². The molecule has 1 heterocycles. The monoisotopic (exact) mass is 314 g/mol. The van der Waals surface area contributed by atoms with Crippen LogP contribution in [-0.2, 0) is 4.74 Å². The zero-order valence-corrected chi connectivity index (χ0v) is 11.9. The van der Waals surface area contributed by atoms with Gasteiger partial charge in [0.05, 0.1) is 10.5 Å². The number of nitro groups is 1. The van der Waals surface area contributed by atoms with Gasteiger partial charge in [-0.25, -0.2) is 0 Å².